The number of carboxylic acid groups (broad SMARTS) is 2. The summed E-state index contributed by atoms with van der Waals surface area (Å²) < 4.78 is 10.1. The van der Waals surface area contributed by atoms with Crippen LogP contribution in [0.1, 0.15) is 57.8 Å². The van der Waals surface area contributed by atoms with E-state index in [1.165, 1.54) is 12.5 Å². The Balaban J connectivity index is 4.62. The minimum atomic E-state index is -0.895. The monoisotopic (exact) mass is 342 g/mol. The van der Waals surface area contributed by atoms with Gasteiger partial charge in [0, 0.05) is 6.42 Å². The molecule has 0 saturated heterocycles. The summed E-state index contributed by atoms with van der Waals surface area (Å²) in [5.41, 5.74) is -0.877. The van der Waals surface area contributed by atoms with Crippen molar-refractivity contribution in [3.8, 4) is 0 Å². The van der Waals surface area contributed by atoms with Crippen molar-refractivity contribution in [2.45, 2.75) is 57.8 Å². The van der Waals surface area contributed by atoms with Crippen molar-refractivity contribution in [2.75, 3.05) is 13.2 Å². The van der Waals surface area contributed by atoms with Gasteiger partial charge in [0.2, 0.25) is 0 Å². The fraction of sp³-hybridized carbons (Fsp3) is 0.667. The van der Waals surface area contributed by atoms with Crippen LogP contribution in [-0.4, -0.2) is 35.4 Å². The number of carbonyl (C=O) groups is 2. The molecular formula is C18H30O6. The Kier molecular flexibility index (Phi) is 12.3. The molecule has 0 rings (SSSR count). The van der Waals surface area contributed by atoms with Gasteiger partial charge in [-0.2, -0.15) is 0 Å². The Morgan fingerprint density at radius 3 is 1.67 bits per heavy atom. The molecule has 0 bridgehead atoms. The van der Waals surface area contributed by atoms with Gasteiger partial charge in [0.1, 0.15) is 0 Å². The molecule has 0 heterocycles. The molecule has 0 aromatic heterocycles. The smallest absolute Gasteiger partial charge is 0.309 e. The van der Waals surface area contributed by atoms with Crippen molar-refractivity contribution in [3.63, 3.8) is 0 Å². The summed E-state index contributed by atoms with van der Waals surface area (Å²) in [6, 6.07) is 0. The lowest BCUT2D eigenvalue weighted by atomic mass is 9.74. The lowest BCUT2D eigenvalue weighted by Crippen LogP contribution is -2.31. The minimum absolute atomic E-state index is 0.00577. The van der Waals surface area contributed by atoms with Crippen LogP contribution >= 0.6 is 0 Å². The van der Waals surface area contributed by atoms with Crippen molar-refractivity contribution in [1.29, 1.82) is 0 Å². The summed E-state index contributed by atoms with van der Waals surface area (Å²) in [5, 5.41) is 18.5. The summed E-state index contributed by atoms with van der Waals surface area (Å²) in [6.45, 7) is 7.96. The van der Waals surface area contributed by atoms with Crippen LogP contribution < -0.4 is 0 Å². The average Bonchev–Trinajstić information content (AvgIpc) is 2.53. The first-order valence-electron chi connectivity index (χ1n) is 8.38. The summed E-state index contributed by atoms with van der Waals surface area (Å²) in [6.07, 6.45) is 7.45. The zero-order valence-corrected chi connectivity index (χ0v) is 14.4. The zero-order valence-electron chi connectivity index (χ0n) is 14.4. The largest absolute Gasteiger partial charge is 0.502 e. The molecule has 0 radical (unpaired) electrons. The molecule has 0 atom stereocenters. The highest BCUT2D eigenvalue weighted by atomic mass is 16.5. The minimum Gasteiger partial charge on any atom is -0.502 e. The molecule has 0 aliphatic rings. The first kappa shape index (κ1) is 22.0. The molecule has 24 heavy (non-hydrogen) atoms. The Morgan fingerprint density at radius 1 is 0.833 bits per heavy atom. The third-order valence-corrected chi connectivity index (χ3v) is 4.07. The second-order valence-corrected chi connectivity index (χ2v) is 5.82. The number of rotatable bonds is 17. The van der Waals surface area contributed by atoms with Crippen molar-refractivity contribution in [2.24, 2.45) is 5.41 Å². The van der Waals surface area contributed by atoms with Crippen molar-refractivity contribution in [3.05, 3.63) is 25.7 Å². The van der Waals surface area contributed by atoms with Crippen LogP contribution in [0.25, 0.3) is 0 Å². The van der Waals surface area contributed by atoms with E-state index in [1.54, 1.807) is 0 Å². The topological polar surface area (TPSA) is 93.1 Å². The van der Waals surface area contributed by atoms with E-state index in [0.29, 0.717) is 38.9 Å². The van der Waals surface area contributed by atoms with Gasteiger partial charge >= 0.3 is 11.9 Å². The molecule has 0 saturated carbocycles. The number of carboxylic acids is 2. The van der Waals surface area contributed by atoms with Crippen LogP contribution in [0.2, 0.25) is 0 Å². The Bertz CT molecular complexity index is 373. The number of unbranched alkanes of at least 4 members (excludes halogenated alkanes) is 2. The van der Waals surface area contributed by atoms with Crippen LogP contribution in [0.3, 0.4) is 0 Å². The summed E-state index contributed by atoms with van der Waals surface area (Å²) in [4.78, 5) is 22.6. The third kappa shape index (κ3) is 9.92. The first-order valence-corrected chi connectivity index (χ1v) is 8.38. The normalized spacial score (nSPS) is 10.8. The molecule has 138 valence electrons. The van der Waals surface area contributed by atoms with E-state index in [1.807, 2.05) is 0 Å². The number of aliphatic carboxylic acids is 2. The van der Waals surface area contributed by atoms with Gasteiger partial charge in [-0.1, -0.05) is 13.2 Å². The van der Waals surface area contributed by atoms with E-state index >= 15 is 0 Å². The summed E-state index contributed by atoms with van der Waals surface area (Å²) >= 11 is 0. The van der Waals surface area contributed by atoms with E-state index in [2.05, 4.69) is 13.2 Å². The molecule has 6 heteroatoms. The zero-order chi connectivity index (χ0) is 18.3. The molecule has 0 spiro atoms. The van der Waals surface area contributed by atoms with Crippen molar-refractivity contribution < 1.29 is 29.3 Å². The summed E-state index contributed by atoms with van der Waals surface area (Å²) in [7, 11) is 0. The summed E-state index contributed by atoms with van der Waals surface area (Å²) in [5.74, 6) is -1.74. The van der Waals surface area contributed by atoms with Gasteiger partial charge in [0.05, 0.1) is 31.2 Å². The van der Waals surface area contributed by atoms with Gasteiger partial charge in [-0.3, -0.25) is 9.59 Å². The van der Waals surface area contributed by atoms with Gasteiger partial charge < -0.3 is 19.7 Å². The molecule has 0 amide bonds. The third-order valence-electron chi connectivity index (χ3n) is 4.07. The Morgan fingerprint density at radius 2 is 1.29 bits per heavy atom. The van der Waals surface area contributed by atoms with Crippen molar-refractivity contribution >= 4 is 11.9 Å². The van der Waals surface area contributed by atoms with Gasteiger partial charge in [0.15, 0.2) is 0 Å². The lowest BCUT2D eigenvalue weighted by Gasteiger charge is -2.29. The van der Waals surface area contributed by atoms with E-state index in [4.69, 9.17) is 14.6 Å². The maximum atomic E-state index is 11.9. The van der Waals surface area contributed by atoms with Crippen LogP contribution in [0.15, 0.2) is 25.7 Å². The fourth-order valence-corrected chi connectivity index (χ4v) is 2.74. The molecule has 0 fully saturated rings. The second kappa shape index (κ2) is 13.5. The maximum absolute atomic E-state index is 11.9. The lowest BCUT2D eigenvalue weighted by molar-refractivity contribution is -0.151. The van der Waals surface area contributed by atoms with Crippen LogP contribution in [0.4, 0.5) is 0 Å². The number of hydrogen-bond acceptors (Lipinski definition) is 4. The predicted molar refractivity (Wildman–Crippen MR) is 91.6 cm³/mol. The SMILES string of the molecule is C=COCCCCC(CCCCOC=C)(CCCC(=O)O)C(=O)O. The highest BCUT2D eigenvalue weighted by Gasteiger charge is 2.36. The number of hydrogen-bond donors (Lipinski definition) is 2. The Labute approximate surface area is 144 Å². The molecule has 0 unspecified atom stereocenters. The number of ether oxygens (including phenoxy) is 2. The van der Waals surface area contributed by atoms with Crippen LogP contribution in [0.5, 0.6) is 0 Å². The first-order chi connectivity index (χ1) is 11.5. The van der Waals surface area contributed by atoms with E-state index in [0.717, 1.165) is 25.7 Å². The molecule has 0 aliphatic carbocycles. The molecule has 0 aliphatic heterocycles. The quantitative estimate of drug-likeness (QED) is 0.307. The fourth-order valence-electron chi connectivity index (χ4n) is 2.74. The van der Waals surface area contributed by atoms with Crippen LogP contribution in [-0.2, 0) is 19.1 Å². The standard InChI is InChI=1S/C18H30O6/c1-3-23-14-7-5-11-18(17(21)22,13-9-10-16(19)20)12-6-8-15-24-4-2/h3-4H,1-2,5-15H2,(H,19,20)(H,21,22). The maximum Gasteiger partial charge on any atom is 0.309 e. The van der Waals surface area contributed by atoms with E-state index in [-0.39, 0.29) is 6.42 Å². The molecular weight excluding hydrogens is 312 g/mol. The molecule has 2 N–H and O–H groups in total. The molecule has 0 aromatic rings. The molecule has 6 nitrogen and oxygen atoms in total. The predicted octanol–water partition coefficient (Wildman–Crippen LogP) is 3.97. The van der Waals surface area contributed by atoms with Gasteiger partial charge in [0.25, 0.3) is 0 Å². The van der Waals surface area contributed by atoms with Gasteiger partial charge in [-0.05, 0) is 51.4 Å². The average molecular weight is 342 g/mol. The molecule has 0 aromatic carbocycles. The van der Waals surface area contributed by atoms with Crippen molar-refractivity contribution in [1.82, 2.24) is 0 Å². The van der Waals surface area contributed by atoms with E-state index in [9.17, 15) is 14.7 Å². The highest BCUT2D eigenvalue weighted by molar-refractivity contribution is 5.74. The van der Waals surface area contributed by atoms with Gasteiger partial charge in [-0.15, -0.1) is 0 Å². The Hall–Kier alpha value is -1.98. The second-order valence-electron chi connectivity index (χ2n) is 5.82. The highest BCUT2D eigenvalue weighted by Crippen LogP contribution is 2.37. The van der Waals surface area contributed by atoms with Crippen LogP contribution in [0, 0.1) is 5.41 Å². The van der Waals surface area contributed by atoms with E-state index < -0.39 is 17.4 Å². The van der Waals surface area contributed by atoms with Gasteiger partial charge in [-0.25, -0.2) is 0 Å².